The first-order valence-corrected chi connectivity index (χ1v) is 12.9. The second-order valence-corrected chi connectivity index (χ2v) is 9.78. The minimum atomic E-state index is -0.802. The van der Waals surface area contributed by atoms with Gasteiger partial charge in [-0.05, 0) is 50.6 Å². The number of carbonyl (C=O) groups is 1. The molecule has 0 spiro atoms. The molecule has 0 saturated carbocycles. The van der Waals surface area contributed by atoms with Crippen LogP contribution in [0, 0.1) is 18.6 Å². The summed E-state index contributed by atoms with van der Waals surface area (Å²) in [4.78, 5) is 45.8. The van der Waals surface area contributed by atoms with Crippen molar-refractivity contribution in [3.8, 4) is 28.4 Å². The minimum absolute atomic E-state index is 0.0666. The van der Waals surface area contributed by atoms with Crippen LogP contribution in [0.4, 0.5) is 14.5 Å². The highest BCUT2D eigenvalue weighted by atomic mass is 19.1. The molecule has 0 atom stereocenters. The van der Waals surface area contributed by atoms with E-state index in [1.54, 1.807) is 11.5 Å². The van der Waals surface area contributed by atoms with Gasteiger partial charge in [-0.1, -0.05) is 12.1 Å². The van der Waals surface area contributed by atoms with Crippen molar-refractivity contribution in [3.63, 3.8) is 0 Å². The first-order chi connectivity index (χ1) is 20.1. The van der Waals surface area contributed by atoms with E-state index in [1.807, 2.05) is 13.8 Å². The average molecular weight is 573 g/mol. The number of nitrogens with one attached hydrogen (secondary N) is 2. The molecule has 0 fully saturated rings. The Morgan fingerprint density at radius 1 is 1.00 bits per heavy atom. The van der Waals surface area contributed by atoms with E-state index in [-0.39, 0.29) is 45.6 Å². The summed E-state index contributed by atoms with van der Waals surface area (Å²) in [7, 11) is 1.36. The molecule has 0 saturated heterocycles. The zero-order valence-corrected chi connectivity index (χ0v) is 23.1. The van der Waals surface area contributed by atoms with Crippen LogP contribution in [0.15, 0.2) is 76.6 Å². The van der Waals surface area contributed by atoms with Crippen LogP contribution in [0.1, 0.15) is 35.9 Å². The lowest BCUT2D eigenvalue weighted by Crippen LogP contribution is -2.26. The summed E-state index contributed by atoms with van der Waals surface area (Å²) in [6.07, 6.45) is 2.90. The first kappa shape index (κ1) is 28.2. The van der Waals surface area contributed by atoms with E-state index in [1.165, 1.54) is 68.0 Å². The van der Waals surface area contributed by atoms with Crippen LogP contribution in [0.5, 0.6) is 17.2 Å². The van der Waals surface area contributed by atoms with Crippen LogP contribution in [0.2, 0.25) is 0 Å². The number of amides is 1. The largest absolute Gasteiger partial charge is 0.491 e. The molecule has 0 bridgehead atoms. The van der Waals surface area contributed by atoms with Gasteiger partial charge in [0.25, 0.3) is 11.5 Å². The summed E-state index contributed by atoms with van der Waals surface area (Å²) in [6, 6.07) is 12.1. The zero-order chi connectivity index (χ0) is 30.1. The van der Waals surface area contributed by atoms with Crippen molar-refractivity contribution < 1.29 is 23.0 Å². The van der Waals surface area contributed by atoms with Gasteiger partial charge in [0.15, 0.2) is 23.1 Å². The third-order valence-electron chi connectivity index (χ3n) is 6.72. The van der Waals surface area contributed by atoms with Crippen molar-refractivity contribution >= 4 is 22.6 Å². The molecule has 0 aliphatic rings. The van der Waals surface area contributed by atoms with Crippen LogP contribution in [0.25, 0.3) is 22.2 Å². The fraction of sp³-hybridized carbons (Fsp3) is 0.161. The smallest absolute Gasteiger partial charge is 0.290 e. The quantitative estimate of drug-likeness (QED) is 0.248. The second-order valence-electron chi connectivity index (χ2n) is 9.78. The van der Waals surface area contributed by atoms with Crippen molar-refractivity contribution in [2.45, 2.75) is 26.8 Å². The van der Waals surface area contributed by atoms with E-state index in [4.69, 9.17) is 9.47 Å². The lowest BCUT2D eigenvalue weighted by molar-refractivity contribution is 0.102. The van der Waals surface area contributed by atoms with Gasteiger partial charge in [-0.15, -0.1) is 0 Å². The van der Waals surface area contributed by atoms with E-state index in [0.717, 1.165) is 6.07 Å². The Bertz CT molecular complexity index is 1950. The number of hydrogen-bond donors (Lipinski definition) is 2. The van der Waals surface area contributed by atoms with Gasteiger partial charge >= 0.3 is 0 Å². The number of fused-ring (bicyclic) bond motifs is 1. The molecule has 1 amide bonds. The van der Waals surface area contributed by atoms with Gasteiger partial charge in [0, 0.05) is 53.6 Å². The van der Waals surface area contributed by atoms with Crippen molar-refractivity contribution in [2.24, 2.45) is 0 Å². The van der Waals surface area contributed by atoms with E-state index in [0.29, 0.717) is 16.8 Å². The highest BCUT2D eigenvalue weighted by Crippen LogP contribution is 2.31. The number of H-pyrrole nitrogens is 1. The number of hydrogen-bond acceptors (Lipinski definition) is 6. The SMILES string of the molecule is COc1cc2nccc(Oc3ccc(NC(=O)c4cn(C(C)C)c(C)c(-c5ccc(F)cc5)c4=O)cc3F)c2[nH]c1=O. The number of pyridine rings is 3. The molecule has 0 aliphatic heterocycles. The average Bonchev–Trinajstić information content (AvgIpc) is 2.95. The summed E-state index contributed by atoms with van der Waals surface area (Å²) in [5, 5.41) is 2.57. The molecular weight excluding hydrogens is 546 g/mol. The maximum Gasteiger partial charge on any atom is 0.290 e. The van der Waals surface area contributed by atoms with Crippen molar-refractivity contribution in [2.75, 3.05) is 12.4 Å². The number of methoxy groups -OCH3 is 1. The highest BCUT2D eigenvalue weighted by molar-refractivity contribution is 6.04. The molecule has 11 heteroatoms. The molecule has 0 unspecified atom stereocenters. The number of halogens is 2. The minimum Gasteiger partial charge on any atom is -0.491 e. The number of aromatic amines is 1. The lowest BCUT2D eigenvalue weighted by Gasteiger charge is -2.20. The third-order valence-corrected chi connectivity index (χ3v) is 6.72. The predicted molar refractivity (Wildman–Crippen MR) is 155 cm³/mol. The maximum atomic E-state index is 15.1. The van der Waals surface area contributed by atoms with Crippen molar-refractivity contribution in [1.82, 2.24) is 14.5 Å². The Morgan fingerprint density at radius 3 is 2.40 bits per heavy atom. The van der Waals surface area contributed by atoms with Gasteiger partial charge in [0.2, 0.25) is 5.43 Å². The van der Waals surface area contributed by atoms with Gasteiger partial charge in [-0.3, -0.25) is 19.4 Å². The number of ether oxygens (including phenoxy) is 2. The Labute approximate surface area is 238 Å². The van der Waals surface area contributed by atoms with Gasteiger partial charge in [-0.25, -0.2) is 8.78 Å². The standard InChI is InChI=1S/C31H26F2N4O5/c1-16(2)37-15-21(29(38)27(17(37)3)18-5-7-19(32)8-6-18)30(39)35-20-9-10-24(22(33)13-20)42-25-11-12-34-23-14-26(41-4)31(40)36-28(23)25/h5-16H,1-4H3,(H,35,39)(H,36,40). The molecule has 3 aromatic heterocycles. The van der Waals surface area contributed by atoms with E-state index in [2.05, 4.69) is 15.3 Å². The predicted octanol–water partition coefficient (Wildman–Crippen LogP) is 5.97. The third kappa shape index (κ3) is 5.36. The Hall–Kier alpha value is -5.32. The fourth-order valence-electron chi connectivity index (χ4n) is 4.65. The molecule has 2 N–H and O–H groups in total. The molecule has 0 radical (unpaired) electrons. The van der Waals surface area contributed by atoms with E-state index >= 15 is 4.39 Å². The molecule has 3 heterocycles. The lowest BCUT2D eigenvalue weighted by atomic mass is 10.00. The topological polar surface area (TPSA) is 115 Å². The number of anilines is 1. The summed E-state index contributed by atoms with van der Waals surface area (Å²) >= 11 is 0. The summed E-state index contributed by atoms with van der Waals surface area (Å²) < 4.78 is 41.2. The molecule has 0 aliphatic carbocycles. The van der Waals surface area contributed by atoms with Crippen LogP contribution >= 0.6 is 0 Å². The molecule has 5 aromatic rings. The summed E-state index contributed by atoms with van der Waals surface area (Å²) in [6.45, 7) is 5.56. The monoisotopic (exact) mass is 572 g/mol. The van der Waals surface area contributed by atoms with E-state index < -0.39 is 28.5 Å². The number of carbonyl (C=O) groups excluding carboxylic acids is 1. The number of rotatable bonds is 7. The fourth-order valence-corrected chi connectivity index (χ4v) is 4.65. The van der Waals surface area contributed by atoms with Gasteiger partial charge in [-0.2, -0.15) is 0 Å². The van der Waals surface area contributed by atoms with Crippen LogP contribution < -0.4 is 25.8 Å². The molecule has 2 aromatic carbocycles. The molecular formula is C31H26F2N4O5. The molecule has 5 rings (SSSR count). The normalized spacial score (nSPS) is 11.1. The van der Waals surface area contributed by atoms with Gasteiger partial charge in [0.1, 0.15) is 16.9 Å². The molecule has 214 valence electrons. The summed E-state index contributed by atoms with van der Waals surface area (Å²) in [5.41, 5.74) is 0.871. The van der Waals surface area contributed by atoms with Crippen LogP contribution in [-0.2, 0) is 0 Å². The number of benzene rings is 2. The zero-order valence-electron chi connectivity index (χ0n) is 23.1. The first-order valence-electron chi connectivity index (χ1n) is 12.9. The molecule has 42 heavy (non-hydrogen) atoms. The summed E-state index contributed by atoms with van der Waals surface area (Å²) in [5.74, 6) is -1.95. The second kappa shape index (κ2) is 11.3. The Morgan fingerprint density at radius 2 is 1.74 bits per heavy atom. The number of nitrogens with zero attached hydrogens (tertiary/aromatic N) is 2. The highest BCUT2D eigenvalue weighted by Gasteiger charge is 2.21. The maximum absolute atomic E-state index is 15.1. The number of aromatic nitrogens is 3. The van der Waals surface area contributed by atoms with Crippen molar-refractivity contribution in [1.29, 1.82) is 0 Å². The molecule has 9 nitrogen and oxygen atoms in total. The van der Waals surface area contributed by atoms with Gasteiger partial charge < -0.3 is 24.3 Å². The van der Waals surface area contributed by atoms with Crippen molar-refractivity contribution in [3.05, 3.63) is 110 Å². The van der Waals surface area contributed by atoms with E-state index in [9.17, 15) is 18.8 Å². The van der Waals surface area contributed by atoms with Crippen LogP contribution in [-0.4, -0.2) is 27.6 Å². The Balaban J connectivity index is 1.45. The van der Waals surface area contributed by atoms with Crippen LogP contribution in [0.3, 0.4) is 0 Å². The van der Waals surface area contributed by atoms with Gasteiger partial charge in [0.05, 0.1) is 12.6 Å². The Kier molecular flexibility index (Phi) is 7.58.